The first-order valence-corrected chi connectivity index (χ1v) is 4.18. The van der Waals surface area contributed by atoms with Crippen molar-refractivity contribution >= 4 is 13.8 Å². The fourth-order valence-electron chi connectivity index (χ4n) is 1.40. The van der Waals surface area contributed by atoms with Crippen molar-refractivity contribution in [1.82, 2.24) is 0 Å². The van der Waals surface area contributed by atoms with Crippen molar-refractivity contribution in [2.75, 3.05) is 0 Å². The minimum Gasteiger partial charge on any atom is -0.477 e. The van der Waals surface area contributed by atoms with Crippen molar-refractivity contribution in [3.05, 3.63) is 0 Å². The van der Waals surface area contributed by atoms with E-state index in [1.807, 2.05) is 0 Å². The summed E-state index contributed by atoms with van der Waals surface area (Å²) in [6.45, 7) is 1.75. The SMILES string of the molecule is BC1CC(O)(C(=O)O)OC(O)C1C. The first kappa shape index (κ1) is 10.5. The number of rotatable bonds is 1. The molecule has 0 amide bonds. The third-order valence-electron chi connectivity index (χ3n) is 2.60. The highest BCUT2D eigenvalue weighted by Crippen LogP contribution is 2.36. The van der Waals surface area contributed by atoms with E-state index in [0.29, 0.717) is 0 Å². The van der Waals surface area contributed by atoms with Crippen LogP contribution in [0.15, 0.2) is 0 Å². The van der Waals surface area contributed by atoms with Crippen LogP contribution < -0.4 is 0 Å². The molecule has 1 saturated heterocycles. The average Bonchev–Trinajstić information content (AvgIpc) is 2.00. The second-order valence-corrected chi connectivity index (χ2v) is 3.64. The fraction of sp³-hybridized carbons (Fsp3) is 0.857. The minimum absolute atomic E-state index is 0.000556. The Hall–Kier alpha value is -0.585. The van der Waals surface area contributed by atoms with Crippen molar-refractivity contribution in [2.45, 2.75) is 31.2 Å². The maximum absolute atomic E-state index is 10.6. The third-order valence-corrected chi connectivity index (χ3v) is 2.60. The van der Waals surface area contributed by atoms with Crippen LogP contribution in [0.2, 0.25) is 5.82 Å². The molecule has 1 aliphatic rings. The maximum Gasteiger partial charge on any atom is 0.364 e. The molecule has 3 N–H and O–H groups in total. The van der Waals surface area contributed by atoms with Gasteiger partial charge in [-0.05, 0) is 0 Å². The van der Waals surface area contributed by atoms with E-state index in [1.165, 1.54) is 0 Å². The molecule has 0 aromatic rings. The van der Waals surface area contributed by atoms with E-state index in [-0.39, 0.29) is 18.2 Å². The van der Waals surface area contributed by atoms with Gasteiger partial charge in [-0.3, -0.25) is 0 Å². The summed E-state index contributed by atoms with van der Waals surface area (Å²) in [6, 6.07) is 0. The molecule has 1 fully saturated rings. The summed E-state index contributed by atoms with van der Waals surface area (Å²) in [5, 5.41) is 27.3. The van der Waals surface area contributed by atoms with Gasteiger partial charge in [0, 0.05) is 12.3 Å². The van der Waals surface area contributed by atoms with Crippen LogP contribution in [0, 0.1) is 5.92 Å². The third kappa shape index (κ3) is 1.85. The Morgan fingerprint density at radius 3 is 2.62 bits per heavy atom. The monoisotopic (exact) mass is 188 g/mol. The number of aliphatic hydroxyl groups is 2. The van der Waals surface area contributed by atoms with Gasteiger partial charge < -0.3 is 20.1 Å². The Morgan fingerprint density at radius 1 is 1.69 bits per heavy atom. The molecule has 0 radical (unpaired) electrons. The van der Waals surface area contributed by atoms with Gasteiger partial charge in [0.25, 0.3) is 5.79 Å². The molecule has 6 heteroatoms. The number of ether oxygens (including phenoxy) is 1. The first-order chi connectivity index (χ1) is 5.87. The molecule has 0 bridgehead atoms. The van der Waals surface area contributed by atoms with E-state index in [1.54, 1.807) is 14.8 Å². The van der Waals surface area contributed by atoms with Crippen LogP contribution in [0.1, 0.15) is 13.3 Å². The number of hydrogen-bond acceptors (Lipinski definition) is 4. The van der Waals surface area contributed by atoms with Crippen LogP contribution in [-0.4, -0.2) is 41.2 Å². The van der Waals surface area contributed by atoms with Gasteiger partial charge in [0.1, 0.15) is 7.85 Å². The summed E-state index contributed by atoms with van der Waals surface area (Å²) in [5.41, 5.74) is 0. The summed E-state index contributed by atoms with van der Waals surface area (Å²) in [6.07, 6.45) is -1.22. The Morgan fingerprint density at radius 2 is 2.23 bits per heavy atom. The Balaban J connectivity index is 2.79. The quantitative estimate of drug-likeness (QED) is 0.438. The molecular weight excluding hydrogens is 175 g/mol. The summed E-state index contributed by atoms with van der Waals surface area (Å²) in [7, 11) is 1.77. The molecule has 4 unspecified atom stereocenters. The number of carboxylic acid groups (broad SMARTS) is 1. The number of aliphatic hydroxyl groups excluding tert-OH is 1. The average molecular weight is 188 g/mol. The molecule has 0 spiro atoms. The summed E-state index contributed by atoms with van der Waals surface area (Å²) in [4.78, 5) is 10.6. The van der Waals surface area contributed by atoms with Crippen LogP contribution in [-0.2, 0) is 9.53 Å². The normalized spacial score (nSPS) is 45.9. The zero-order valence-corrected chi connectivity index (χ0v) is 7.60. The first-order valence-electron chi connectivity index (χ1n) is 4.18. The molecule has 74 valence electrons. The van der Waals surface area contributed by atoms with Gasteiger partial charge in [-0.2, -0.15) is 0 Å². The predicted octanol–water partition coefficient (Wildman–Crippen LogP) is -1.44. The van der Waals surface area contributed by atoms with E-state index in [4.69, 9.17) is 5.11 Å². The van der Waals surface area contributed by atoms with Crippen molar-refractivity contribution in [1.29, 1.82) is 0 Å². The lowest BCUT2D eigenvalue weighted by molar-refractivity contribution is -0.308. The zero-order valence-electron chi connectivity index (χ0n) is 7.60. The van der Waals surface area contributed by atoms with Crippen molar-refractivity contribution < 1.29 is 24.9 Å². The van der Waals surface area contributed by atoms with Gasteiger partial charge in [-0.1, -0.05) is 12.7 Å². The van der Waals surface area contributed by atoms with Crippen molar-refractivity contribution in [2.24, 2.45) is 5.92 Å². The molecule has 5 nitrogen and oxygen atoms in total. The maximum atomic E-state index is 10.6. The standard InChI is InChI=1S/C7H13BO5/c1-3-4(8)2-7(12,6(10)11)13-5(3)9/h3-5,9,12H,2,8H2,1H3,(H,10,11). The lowest BCUT2D eigenvalue weighted by atomic mass is 9.71. The lowest BCUT2D eigenvalue weighted by Gasteiger charge is -2.39. The van der Waals surface area contributed by atoms with E-state index < -0.39 is 18.0 Å². The molecule has 13 heavy (non-hydrogen) atoms. The second kappa shape index (κ2) is 3.28. The molecule has 0 aliphatic carbocycles. The Bertz CT molecular complexity index is 207. The Kier molecular flexibility index (Phi) is 2.65. The molecule has 0 aromatic heterocycles. The molecule has 1 rings (SSSR count). The van der Waals surface area contributed by atoms with E-state index >= 15 is 0 Å². The number of carboxylic acids is 1. The lowest BCUT2D eigenvalue weighted by Crippen LogP contribution is -2.51. The minimum atomic E-state index is -2.23. The van der Waals surface area contributed by atoms with E-state index in [0.717, 1.165) is 0 Å². The molecule has 1 aliphatic heterocycles. The van der Waals surface area contributed by atoms with Gasteiger partial charge in [0.05, 0.1) is 0 Å². The van der Waals surface area contributed by atoms with Gasteiger partial charge in [-0.15, -0.1) is 0 Å². The molecule has 0 saturated carbocycles. The second-order valence-electron chi connectivity index (χ2n) is 3.64. The summed E-state index contributed by atoms with van der Waals surface area (Å²) in [5.74, 6) is -3.94. The van der Waals surface area contributed by atoms with Crippen LogP contribution >= 0.6 is 0 Å². The number of aliphatic carboxylic acids is 1. The van der Waals surface area contributed by atoms with Crippen molar-refractivity contribution in [3.8, 4) is 0 Å². The Labute approximate surface area is 76.7 Å². The fourth-order valence-corrected chi connectivity index (χ4v) is 1.40. The van der Waals surface area contributed by atoms with Gasteiger partial charge in [0.15, 0.2) is 6.29 Å². The van der Waals surface area contributed by atoms with Gasteiger partial charge in [-0.25, -0.2) is 4.79 Å². The van der Waals surface area contributed by atoms with Gasteiger partial charge >= 0.3 is 5.97 Å². The van der Waals surface area contributed by atoms with Crippen LogP contribution in [0.25, 0.3) is 0 Å². The highest BCUT2D eigenvalue weighted by molar-refractivity contribution is 6.12. The smallest absolute Gasteiger partial charge is 0.364 e. The largest absolute Gasteiger partial charge is 0.477 e. The predicted molar refractivity (Wildman–Crippen MR) is 45.8 cm³/mol. The molecule has 0 aromatic carbocycles. The van der Waals surface area contributed by atoms with E-state index in [2.05, 4.69) is 4.74 Å². The van der Waals surface area contributed by atoms with Crippen LogP contribution in [0.4, 0.5) is 0 Å². The van der Waals surface area contributed by atoms with E-state index in [9.17, 15) is 15.0 Å². The summed E-state index contributed by atoms with van der Waals surface area (Å²) >= 11 is 0. The van der Waals surface area contributed by atoms with Crippen LogP contribution in [0.5, 0.6) is 0 Å². The van der Waals surface area contributed by atoms with Crippen molar-refractivity contribution in [3.63, 3.8) is 0 Å². The molecule has 4 atom stereocenters. The molecular formula is C7H13BO5. The topological polar surface area (TPSA) is 87.0 Å². The number of hydrogen-bond donors (Lipinski definition) is 3. The highest BCUT2D eigenvalue weighted by atomic mass is 16.7. The molecule has 1 heterocycles. The highest BCUT2D eigenvalue weighted by Gasteiger charge is 2.47. The number of carbonyl (C=O) groups is 1. The zero-order chi connectivity index (χ0) is 10.2. The summed E-state index contributed by atoms with van der Waals surface area (Å²) < 4.78 is 4.63. The van der Waals surface area contributed by atoms with Crippen LogP contribution in [0.3, 0.4) is 0 Å². The van der Waals surface area contributed by atoms with Gasteiger partial charge in [0.2, 0.25) is 0 Å².